The Labute approximate surface area is 148 Å². The van der Waals surface area contributed by atoms with Crippen molar-refractivity contribution in [3.63, 3.8) is 0 Å². The Morgan fingerprint density at radius 3 is 2.24 bits per heavy atom. The zero-order chi connectivity index (χ0) is 17.5. The summed E-state index contributed by atoms with van der Waals surface area (Å²) in [5, 5.41) is 0. The van der Waals surface area contributed by atoms with Crippen LogP contribution in [0.1, 0.15) is 32.6 Å². The lowest BCUT2D eigenvalue weighted by Gasteiger charge is -1.99. The van der Waals surface area contributed by atoms with E-state index in [1.165, 1.54) is 0 Å². The van der Waals surface area contributed by atoms with Crippen molar-refractivity contribution in [3.8, 4) is 11.8 Å². The van der Waals surface area contributed by atoms with Crippen LogP contribution in [0, 0.1) is 18.8 Å². The van der Waals surface area contributed by atoms with Crippen LogP contribution in [0.3, 0.4) is 0 Å². The summed E-state index contributed by atoms with van der Waals surface area (Å²) in [5.41, 5.74) is 4.64. The molecule has 0 N–H and O–H groups in total. The summed E-state index contributed by atoms with van der Waals surface area (Å²) in [6.07, 6.45) is 3.44. The van der Waals surface area contributed by atoms with Gasteiger partial charge in [0.05, 0.1) is 0 Å². The molecule has 0 saturated carbocycles. The van der Waals surface area contributed by atoms with Gasteiger partial charge in [-0.25, -0.2) is 0 Å². The molecule has 0 unspecified atom stereocenters. The quantitative estimate of drug-likeness (QED) is 0.364. The van der Waals surface area contributed by atoms with Crippen LogP contribution in [0.5, 0.6) is 0 Å². The van der Waals surface area contributed by atoms with Crippen molar-refractivity contribution in [2.75, 3.05) is 0 Å². The van der Waals surface area contributed by atoms with Gasteiger partial charge < -0.3 is 0 Å². The van der Waals surface area contributed by atoms with E-state index < -0.39 is 0 Å². The minimum atomic E-state index is -0.00850. The summed E-state index contributed by atoms with van der Waals surface area (Å²) >= 11 is 0. The molecule has 0 aliphatic heterocycles. The Hall–Kier alpha value is -3.37. The summed E-state index contributed by atoms with van der Waals surface area (Å²) < 4.78 is 0. The van der Waals surface area contributed by atoms with Gasteiger partial charge in [-0.1, -0.05) is 78.1 Å². The fourth-order valence-corrected chi connectivity index (χ4v) is 2.40. The molecule has 0 atom stereocenters. The molecule has 0 heterocycles. The highest BCUT2D eigenvalue weighted by atomic mass is 16.1. The van der Waals surface area contributed by atoms with E-state index in [0.717, 1.165) is 22.3 Å². The molecule has 1 nitrogen and oxygen atoms in total. The molecule has 0 fully saturated rings. The number of hydrogen-bond acceptors (Lipinski definition) is 1. The van der Waals surface area contributed by atoms with Gasteiger partial charge in [0.15, 0.2) is 5.78 Å². The topological polar surface area (TPSA) is 17.1 Å². The normalized spacial score (nSPS) is 10.3. The number of ketones is 1. The van der Waals surface area contributed by atoms with E-state index in [-0.39, 0.29) is 5.78 Å². The van der Waals surface area contributed by atoms with Gasteiger partial charge in [0.1, 0.15) is 0 Å². The number of benzene rings is 3. The molecule has 3 aromatic carbocycles. The monoisotopic (exact) mass is 322 g/mol. The van der Waals surface area contributed by atoms with Crippen molar-refractivity contribution in [1.29, 1.82) is 0 Å². The van der Waals surface area contributed by atoms with Crippen molar-refractivity contribution in [2.24, 2.45) is 0 Å². The van der Waals surface area contributed by atoms with Crippen molar-refractivity contribution >= 4 is 11.9 Å². The molecule has 120 valence electrons. The maximum atomic E-state index is 12.3. The summed E-state index contributed by atoms with van der Waals surface area (Å²) in [5.74, 6) is 6.34. The van der Waals surface area contributed by atoms with Crippen LogP contribution in [-0.4, -0.2) is 5.78 Å². The fourth-order valence-electron chi connectivity index (χ4n) is 2.40. The molecule has 0 aliphatic rings. The standard InChI is InChI=1S/C24H18O/c1-19-11-14-23(15-12-19)24(25)18-17-22-10-6-5-9-21(22)16-13-20-7-3-2-4-8-20/h2-12,14-15,17-18H,1H3/b18-17+. The van der Waals surface area contributed by atoms with Crippen LogP contribution < -0.4 is 0 Å². The van der Waals surface area contributed by atoms with Crippen LogP contribution in [0.25, 0.3) is 6.08 Å². The summed E-state index contributed by atoms with van der Waals surface area (Å²) in [6.45, 7) is 2.01. The first-order chi connectivity index (χ1) is 12.2. The molecule has 1 heteroatoms. The van der Waals surface area contributed by atoms with E-state index in [0.29, 0.717) is 5.56 Å². The first-order valence-electron chi connectivity index (χ1n) is 8.17. The molecule has 0 bridgehead atoms. The molecule has 0 saturated heterocycles. The number of allylic oxidation sites excluding steroid dienone is 1. The second-order valence-electron chi connectivity index (χ2n) is 5.77. The lowest BCUT2D eigenvalue weighted by Crippen LogP contribution is -1.94. The van der Waals surface area contributed by atoms with Gasteiger partial charge in [0, 0.05) is 16.7 Å². The van der Waals surface area contributed by atoms with E-state index in [1.54, 1.807) is 6.08 Å². The minimum Gasteiger partial charge on any atom is -0.289 e. The summed E-state index contributed by atoms with van der Waals surface area (Å²) in [7, 11) is 0. The van der Waals surface area contributed by atoms with Gasteiger partial charge in [0.25, 0.3) is 0 Å². The van der Waals surface area contributed by atoms with Gasteiger partial charge in [-0.3, -0.25) is 4.79 Å². The number of rotatable bonds is 3. The fraction of sp³-hybridized carbons (Fsp3) is 0.0417. The van der Waals surface area contributed by atoms with Crippen LogP contribution in [-0.2, 0) is 0 Å². The van der Waals surface area contributed by atoms with E-state index in [1.807, 2.05) is 91.9 Å². The third-order valence-corrected chi connectivity index (χ3v) is 3.83. The summed E-state index contributed by atoms with van der Waals surface area (Å²) in [6, 6.07) is 25.3. The van der Waals surface area contributed by atoms with Crippen molar-refractivity contribution in [1.82, 2.24) is 0 Å². The molecule has 0 aliphatic carbocycles. The number of hydrogen-bond donors (Lipinski definition) is 0. The van der Waals surface area contributed by atoms with Crippen molar-refractivity contribution < 1.29 is 4.79 Å². The Morgan fingerprint density at radius 2 is 1.48 bits per heavy atom. The maximum Gasteiger partial charge on any atom is 0.185 e. The number of carbonyl (C=O) groups is 1. The second kappa shape index (κ2) is 7.95. The third-order valence-electron chi connectivity index (χ3n) is 3.83. The molecule has 25 heavy (non-hydrogen) atoms. The average molecular weight is 322 g/mol. The predicted octanol–water partition coefficient (Wildman–Crippen LogP) is 5.29. The molecule has 3 rings (SSSR count). The Balaban J connectivity index is 1.82. The van der Waals surface area contributed by atoms with Gasteiger partial charge >= 0.3 is 0 Å². The third kappa shape index (κ3) is 4.56. The molecule has 0 amide bonds. The largest absolute Gasteiger partial charge is 0.289 e. The molecular formula is C24H18O. The SMILES string of the molecule is Cc1ccc(C(=O)/C=C/c2ccccc2C#Cc2ccccc2)cc1. The second-order valence-corrected chi connectivity index (χ2v) is 5.77. The van der Waals surface area contributed by atoms with Crippen LogP contribution >= 0.6 is 0 Å². The average Bonchev–Trinajstić information content (AvgIpc) is 2.66. The zero-order valence-electron chi connectivity index (χ0n) is 14.1. The molecule has 0 aromatic heterocycles. The van der Waals surface area contributed by atoms with E-state index in [9.17, 15) is 4.79 Å². The Morgan fingerprint density at radius 1 is 0.800 bits per heavy atom. The predicted molar refractivity (Wildman–Crippen MR) is 103 cm³/mol. The smallest absolute Gasteiger partial charge is 0.185 e. The first kappa shape index (κ1) is 16.5. The number of carbonyl (C=O) groups excluding carboxylic acids is 1. The van der Waals surface area contributed by atoms with E-state index >= 15 is 0 Å². The molecule has 3 aromatic rings. The Kier molecular flexibility index (Phi) is 5.24. The minimum absolute atomic E-state index is 0.00850. The highest BCUT2D eigenvalue weighted by Crippen LogP contribution is 2.12. The van der Waals surface area contributed by atoms with Gasteiger partial charge in [-0.15, -0.1) is 0 Å². The van der Waals surface area contributed by atoms with Gasteiger partial charge in [-0.2, -0.15) is 0 Å². The highest BCUT2D eigenvalue weighted by molar-refractivity contribution is 6.06. The van der Waals surface area contributed by atoms with E-state index in [2.05, 4.69) is 11.8 Å². The Bertz CT molecular complexity index is 952. The molecule has 0 radical (unpaired) electrons. The van der Waals surface area contributed by atoms with Crippen LogP contribution in [0.15, 0.2) is 84.9 Å². The lowest BCUT2D eigenvalue weighted by atomic mass is 10.0. The van der Waals surface area contributed by atoms with Gasteiger partial charge in [-0.05, 0) is 42.8 Å². The molecular weight excluding hydrogens is 304 g/mol. The molecule has 0 spiro atoms. The van der Waals surface area contributed by atoms with Gasteiger partial charge in [0.2, 0.25) is 0 Å². The van der Waals surface area contributed by atoms with Crippen LogP contribution in [0.4, 0.5) is 0 Å². The van der Waals surface area contributed by atoms with E-state index in [4.69, 9.17) is 0 Å². The number of aryl methyl sites for hydroxylation is 1. The zero-order valence-corrected chi connectivity index (χ0v) is 14.1. The maximum absolute atomic E-state index is 12.3. The highest BCUT2D eigenvalue weighted by Gasteiger charge is 2.01. The van der Waals surface area contributed by atoms with Crippen molar-refractivity contribution in [2.45, 2.75) is 6.92 Å². The van der Waals surface area contributed by atoms with Crippen LogP contribution in [0.2, 0.25) is 0 Å². The summed E-state index contributed by atoms with van der Waals surface area (Å²) in [4.78, 5) is 12.3. The van der Waals surface area contributed by atoms with Crippen molar-refractivity contribution in [3.05, 3.63) is 113 Å². The first-order valence-corrected chi connectivity index (χ1v) is 8.17. The lowest BCUT2D eigenvalue weighted by molar-refractivity contribution is 0.104.